The van der Waals surface area contributed by atoms with Gasteiger partial charge in [-0.1, -0.05) is 36.4 Å². The summed E-state index contributed by atoms with van der Waals surface area (Å²) in [4.78, 5) is 15.5. The van der Waals surface area contributed by atoms with Crippen LogP contribution in [0, 0.1) is 5.41 Å². The van der Waals surface area contributed by atoms with E-state index in [1.165, 1.54) is 15.6 Å². The first-order valence-corrected chi connectivity index (χ1v) is 12.2. The van der Waals surface area contributed by atoms with Crippen LogP contribution in [-0.4, -0.2) is 38.3 Å². The Kier molecular flexibility index (Phi) is 4.49. The molecule has 0 radical (unpaired) electrons. The number of carbonyl (C=O) groups is 1. The van der Waals surface area contributed by atoms with Gasteiger partial charge in [0.1, 0.15) is 4.90 Å². The molecule has 2 aliphatic rings. The number of piperidine rings is 1. The van der Waals surface area contributed by atoms with Crippen LogP contribution in [0.3, 0.4) is 0 Å². The molecule has 5 rings (SSSR count). The SMILES string of the molecule is O=C1N(c2ccccc2)CCC12CCCN(S(=O)(=O)c1csc3ccccc13)C2. The van der Waals surface area contributed by atoms with Crippen LogP contribution in [0.5, 0.6) is 0 Å². The number of anilines is 1. The molecule has 1 spiro atoms. The number of nitrogens with zero attached hydrogens (tertiary/aromatic N) is 2. The fraction of sp³-hybridized carbons (Fsp3) is 0.318. The van der Waals surface area contributed by atoms with Crippen LogP contribution in [0.25, 0.3) is 10.1 Å². The van der Waals surface area contributed by atoms with Crippen LogP contribution in [-0.2, 0) is 14.8 Å². The van der Waals surface area contributed by atoms with E-state index in [0.717, 1.165) is 22.2 Å². The predicted molar refractivity (Wildman–Crippen MR) is 116 cm³/mol. The van der Waals surface area contributed by atoms with Crippen molar-refractivity contribution in [1.82, 2.24) is 4.31 Å². The van der Waals surface area contributed by atoms with Gasteiger partial charge in [0.05, 0.1) is 5.41 Å². The van der Waals surface area contributed by atoms with E-state index in [-0.39, 0.29) is 12.5 Å². The topological polar surface area (TPSA) is 57.7 Å². The first-order valence-electron chi connectivity index (χ1n) is 9.85. The molecule has 2 fully saturated rings. The molecule has 3 aromatic rings. The molecular weight excluding hydrogens is 404 g/mol. The van der Waals surface area contributed by atoms with Crippen molar-refractivity contribution in [3.8, 4) is 0 Å². The summed E-state index contributed by atoms with van der Waals surface area (Å²) in [7, 11) is -3.64. The van der Waals surface area contributed by atoms with Crippen molar-refractivity contribution in [3.05, 3.63) is 60.0 Å². The van der Waals surface area contributed by atoms with E-state index in [1.807, 2.05) is 59.5 Å². The lowest BCUT2D eigenvalue weighted by molar-refractivity contribution is -0.127. The maximum absolute atomic E-state index is 13.5. The number of para-hydroxylation sites is 1. The Morgan fingerprint density at radius 1 is 0.931 bits per heavy atom. The Hall–Kier alpha value is -2.22. The Balaban J connectivity index is 1.46. The highest BCUT2D eigenvalue weighted by Gasteiger charge is 2.51. The molecule has 0 aliphatic carbocycles. The minimum Gasteiger partial charge on any atom is -0.312 e. The highest BCUT2D eigenvalue weighted by molar-refractivity contribution is 7.89. The summed E-state index contributed by atoms with van der Waals surface area (Å²) in [6, 6.07) is 17.2. The molecular formula is C22H22N2O3S2. The van der Waals surface area contributed by atoms with E-state index < -0.39 is 15.4 Å². The molecule has 5 nitrogen and oxygen atoms in total. The van der Waals surface area contributed by atoms with Crippen LogP contribution >= 0.6 is 11.3 Å². The van der Waals surface area contributed by atoms with Crippen LogP contribution in [0.15, 0.2) is 64.9 Å². The Morgan fingerprint density at radius 3 is 2.52 bits per heavy atom. The Morgan fingerprint density at radius 2 is 1.69 bits per heavy atom. The van der Waals surface area contributed by atoms with Gasteiger partial charge in [0.25, 0.3) is 0 Å². The minimum absolute atomic E-state index is 0.0544. The van der Waals surface area contributed by atoms with Gasteiger partial charge in [-0.2, -0.15) is 4.31 Å². The molecule has 0 bridgehead atoms. The molecule has 0 saturated carbocycles. The van der Waals surface area contributed by atoms with Crippen LogP contribution < -0.4 is 4.90 Å². The summed E-state index contributed by atoms with van der Waals surface area (Å²) in [5.41, 5.74) is 0.269. The normalized spacial score (nSPS) is 23.3. The fourth-order valence-corrected chi connectivity index (χ4v) is 7.68. The van der Waals surface area contributed by atoms with Crippen LogP contribution in [0.4, 0.5) is 5.69 Å². The highest BCUT2D eigenvalue weighted by atomic mass is 32.2. The number of hydrogen-bond donors (Lipinski definition) is 0. The van der Waals surface area contributed by atoms with Gasteiger partial charge < -0.3 is 4.90 Å². The molecule has 1 unspecified atom stereocenters. The van der Waals surface area contributed by atoms with Gasteiger partial charge in [0.2, 0.25) is 15.9 Å². The van der Waals surface area contributed by atoms with E-state index in [1.54, 1.807) is 5.38 Å². The van der Waals surface area contributed by atoms with Crippen molar-refractivity contribution < 1.29 is 13.2 Å². The minimum atomic E-state index is -3.64. The fourth-order valence-electron chi connectivity index (χ4n) is 4.64. The van der Waals surface area contributed by atoms with Gasteiger partial charge in [-0.25, -0.2) is 8.42 Å². The van der Waals surface area contributed by atoms with Gasteiger partial charge in [-0.3, -0.25) is 4.79 Å². The smallest absolute Gasteiger partial charge is 0.244 e. The molecule has 2 aromatic carbocycles. The molecule has 2 aliphatic heterocycles. The van der Waals surface area contributed by atoms with E-state index in [0.29, 0.717) is 30.8 Å². The summed E-state index contributed by atoms with van der Waals surface area (Å²) >= 11 is 1.45. The van der Waals surface area contributed by atoms with Crippen molar-refractivity contribution in [3.63, 3.8) is 0 Å². The standard InChI is InChI=1S/C22H22N2O3S2/c25-21-22(12-14-24(21)17-7-2-1-3-8-17)11-6-13-23(16-22)29(26,27)20-15-28-19-10-5-4-9-18(19)20/h1-5,7-10,15H,6,11-14,16H2. The third kappa shape index (κ3) is 2.99. The van der Waals surface area contributed by atoms with Crippen LogP contribution in [0.1, 0.15) is 19.3 Å². The number of carbonyl (C=O) groups excluding carboxylic acids is 1. The molecule has 2 saturated heterocycles. The number of sulfonamides is 1. The average molecular weight is 427 g/mol. The molecule has 1 aromatic heterocycles. The second-order valence-electron chi connectivity index (χ2n) is 7.86. The van der Waals surface area contributed by atoms with Crippen molar-refractivity contribution >= 4 is 43.0 Å². The van der Waals surface area contributed by atoms with E-state index in [4.69, 9.17) is 0 Å². The lowest BCUT2D eigenvalue weighted by Gasteiger charge is -2.38. The predicted octanol–water partition coefficient (Wildman–Crippen LogP) is 4.11. The average Bonchev–Trinajstić information content (AvgIpc) is 3.31. The van der Waals surface area contributed by atoms with Crippen molar-refractivity contribution in [2.24, 2.45) is 5.41 Å². The van der Waals surface area contributed by atoms with Crippen molar-refractivity contribution in [2.75, 3.05) is 24.5 Å². The largest absolute Gasteiger partial charge is 0.312 e. The summed E-state index contributed by atoms with van der Waals surface area (Å²) < 4.78 is 29.4. The lowest BCUT2D eigenvalue weighted by Crippen LogP contribution is -2.49. The third-order valence-corrected chi connectivity index (χ3v) is 9.18. The number of thiophene rings is 1. The summed E-state index contributed by atoms with van der Waals surface area (Å²) in [5, 5.41) is 2.49. The zero-order valence-corrected chi connectivity index (χ0v) is 17.6. The van der Waals surface area contributed by atoms with Gasteiger partial charge in [-0.05, 0) is 37.5 Å². The summed E-state index contributed by atoms with van der Waals surface area (Å²) in [5.74, 6) is 0.0544. The van der Waals surface area contributed by atoms with Crippen molar-refractivity contribution in [2.45, 2.75) is 24.2 Å². The Labute approximate surface area is 174 Å². The lowest BCUT2D eigenvalue weighted by atomic mass is 9.79. The molecule has 1 atom stereocenters. The second-order valence-corrected chi connectivity index (χ2v) is 10.7. The van der Waals surface area contributed by atoms with E-state index in [2.05, 4.69) is 0 Å². The van der Waals surface area contributed by atoms with Gasteiger partial charge >= 0.3 is 0 Å². The molecule has 0 N–H and O–H groups in total. The molecule has 3 heterocycles. The summed E-state index contributed by atoms with van der Waals surface area (Å²) in [6.45, 7) is 1.37. The number of hydrogen-bond acceptors (Lipinski definition) is 4. The quantitative estimate of drug-likeness (QED) is 0.633. The number of amides is 1. The van der Waals surface area contributed by atoms with Crippen LogP contribution in [0.2, 0.25) is 0 Å². The zero-order chi connectivity index (χ0) is 20.1. The highest BCUT2D eigenvalue weighted by Crippen LogP contribution is 2.43. The monoisotopic (exact) mass is 426 g/mol. The van der Waals surface area contributed by atoms with Gasteiger partial charge in [0, 0.05) is 40.8 Å². The Bertz CT molecular complexity index is 1170. The molecule has 29 heavy (non-hydrogen) atoms. The second kappa shape index (κ2) is 6.93. The maximum Gasteiger partial charge on any atom is 0.244 e. The van der Waals surface area contributed by atoms with E-state index >= 15 is 0 Å². The zero-order valence-electron chi connectivity index (χ0n) is 16.0. The third-order valence-electron chi connectivity index (χ3n) is 6.19. The number of fused-ring (bicyclic) bond motifs is 1. The number of rotatable bonds is 3. The first-order chi connectivity index (χ1) is 14.0. The first kappa shape index (κ1) is 18.8. The van der Waals surface area contributed by atoms with Crippen molar-refractivity contribution in [1.29, 1.82) is 0 Å². The molecule has 150 valence electrons. The van der Waals surface area contributed by atoms with Gasteiger partial charge in [-0.15, -0.1) is 11.3 Å². The maximum atomic E-state index is 13.5. The summed E-state index contributed by atoms with van der Waals surface area (Å²) in [6.07, 6.45) is 2.14. The van der Waals surface area contributed by atoms with Gasteiger partial charge in [0.15, 0.2) is 0 Å². The molecule has 7 heteroatoms. The molecule has 1 amide bonds. The van der Waals surface area contributed by atoms with E-state index in [9.17, 15) is 13.2 Å². The number of benzene rings is 2.